The van der Waals surface area contributed by atoms with Crippen LogP contribution in [0.25, 0.3) is 0 Å². The number of hydrogen-bond acceptors (Lipinski definition) is 2. The van der Waals surface area contributed by atoms with Gasteiger partial charge >= 0.3 is 0 Å². The van der Waals surface area contributed by atoms with Crippen molar-refractivity contribution >= 4 is 23.2 Å². The SMILES string of the molecule is O=C(c1ccccc1)N1N=C(c2ccccc2)CC1c1cccc(Cl)c1. The smallest absolute Gasteiger partial charge is 0.267 e. The quantitative estimate of drug-likeness (QED) is 0.621. The summed E-state index contributed by atoms with van der Waals surface area (Å²) in [6, 6.07) is 26.7. The van der Waals surface area contributed by atoms with Crippen molar-refractivity contribution in [2.45, 2.75) is 12.5 Å². The topological polar surface area (TPSA) is 32.7 Å². The van der Waals surface area contributed by atoms with E-state index in [0.29, 0.717) is 17.0 Å². The molecule has 26 heavy (non-hydrogen) atoms. The molecule has 0 bridgehead atoms. The molecule has 1 atom stereocenters. The van der Waals surface area contributed by atoms with E-state index in [2.05, 4.69) is 5.10 Å². The molecule has 0 aliphatic carbocycles. The highest BCUT2D eigenvalue weighted by atomic mass is 35.5. The molecular weight excluding hydrogens is 344 g/mol. The summed E-state index contributed by atoms with van der Waals surface area (Å²) in [5, 5.41) is 6.92. The first kappa shape index (κ1) is 16.6. The third-order valence-corrected chi connectivity index (χ3v) is 4.71. The third-order valence-electron chi connectivity index (χ3n) is 4.48. The molecule has 0 spiro atoms. The number of benzene rings is 3. The standard InChI is InChI=1S/C22H17ClN2O/c23-19-13-7-12-18(14-19)21-15-20(16-8-3-1-4-9-16)24-25(21)22(26)17-10-5-2-6-11-17/h1-14,21H,15H2. The maximum absolute atomic E-state index is 13.1. The molecule has 0 N–H and O–H groups in total. The molecule has 0 fully saturated rings. The maximum Gasteiger partial charge on any atom is 0.274 e. The number of hydrazone groups is 1. The Morgan fingerprint density at radius 2 is 1.62 bits per heavy atom. The first-order chi connectivity index (χ1) is 12.7. The molecule has 0 saturated heterocycles. The van der Waals surface area contributed by atoms with Gasteiger partial charge in [0.1, 0.15) is 0 Å². The Balaban J connectivity index is 1.74. The van der Waals surface area contributed by atoms with Crippen molar-refractivity contribution < 1.29 is 4.79 Å². The van der Waals surface area contributed by atoms with E-state index in [9.17, 15) is 4.79 Å². The molecule has 1 heterocycles. The number of carbonyl (C=O) groups is 1. The maximum atomic E-state index is 13.1. The molecule has 4 heteroatoms. The van der Waals surface area contributed by atoms with Gasteiger partial charge in [-0.2, -0.15) is 5.10 Å². The number of rotatable bonds is 3. The van der Waals surface area contributed by atoms with Gasteiger partial charge in [-0.05, 0) is 35.4 Å². The molecular formula is C22H17ClN2O. The van der Waals surface area contributed by atoms with Crippen LogP contribution >= 0.6 is 11.6 Å². The molecule has 3 aromatic carbocycles. The second-order valence-electron chi connectivity index (χ2n) is 6.20. The summed E-state index contributed by atoms with van der Waals surface area (Å²) >= 11 is 6.18. The van der Waals surface area contributed by atoms with Crippen molar-refractivity contribution in [3.63, 3.8) is 0 Å². The number of amides is 1. The molecule has 128 valence electrons. The predicted octanol–water partition coefficient (Wildman–Crippen LogP) is 5.33. The van der Waals surface area contributed by atoms with Crippen LogP contribution in [0.5, 0.6) is 0 Å². The molecule has 1 aliphatic heterocycles. The lowest BCUT2D eigenvalue weighted by molar-refractivity contribution is 0.0711. The van der Waals surface area contributed by atoms with Crippen molar-refractivity contribution in [3.8, 4) is 0 Å². The van der Waals surface area contributed by atoms with E-state index in [1.165, 1.54) is 0 Å². The van der Waals surface area contributed by atoms with Crippen LogP contribution in [0.2, 0.25) is 5.02 Å². The van der Waals surface area contributed by atoms with Crippen LogP contribution in [0.1, 0.15) is 33.9 Å². The molecule has 3 nitrogen and oxygen atoms in total. The third kappa shape index (κ3) is 3.26. The first-order valence-electron chi connectivity index (χ1n) is 8.49. The summed E-state index contributed by atoms with van der Waals surface area (Å²) in [6.45, 7) is 0. The summed E-state index contributed by atoms with van der Waals surface area (Å²) in [4.78, 5) is 13.1. The second kappa shape index (κ2) is 7.14. The Hall–Kier alpha value is -2.91. The summed E-state index contributed by atoms with van der Waals surface area (Å²) < 4.78 is 0. The minimum absolute atomic E-state index is 0.110. The Morgan fingerprint density at radius 3 is 2.31 bits per heavy atom. The average molecular weight is 361 g/mol. The van der Waals surface area contributed by atoms with Crippen LogP contribution in [0.3, 0.4) is 0 Å². The molecule has 3 aromatic rings. The highest BCUT2D eigenvalue weighted by Crippen LogP contribution is 2.34. The van der Waals surface area contributed by atoms with E-state index in [0.717, 1.165) is 16.8 Å². The summed E-state index contributed by atoms with van der Waals surface area (Å²) in [5.41, 5.74) is 3.54. The molecule has 0 saturated carbocycles. The molecule has 1 unspecified atom stereocenters. The van der Waals surface area contributed by atoms with Gasteiger partial charge in [-0.15, -0.1) is 0 Å². The van der Waals surface area contributed by atoms with Crippen LogP contribution in [-0.4, -0.2) is 16.6 Å². The zero-order valence-corrected chi connectivity index (χ0v) is 14.8. The van der Waals surface area contributed by atoms with Crippen LogP contribution < -0.4 is 0 Å². The minimum atomic E-state index is -0.170. The van der Waals surface area contributed by atoms with Crippen LogP contribution in [0.15, 0.2) is 90.0 Å². The van der Waals surface area contributed by atoms with Crippen LogP contribution in [0.4, 0.5) is 0 Å². The van der Waals surface area contributed by atoms with Crippen molar-refractivity contribution in [1.82, 2.24) is 5.01 Å². The molecule has 1 aliphatic rings. The van der Waals surface area contributed by atoms with Crippen molar-refractivity contribution in [3.05, 3.63) is 107 Å². The van der Waals surface area contributed by atoms with E-state index in [-0.39, 0.29) is 11.9 Å². The fourth-order valence-electron chi connectivity index (χ4n) is 3.19. The lowest BCUT2D eigenvalue weighted by Crippen LogP contribution is -2.27. The van der Waals surface area contributed by atoms with Gasteiger partial charge in [-0.1, -0.05) is 72.3 Å². The zero-order valence-electron chi connectivity index (χ0n) is 14.0. The van der Waals surface area contributed by atoms with Crippen molar-refractivity contribution in [2.24, 2.45) is 5.10 Å². The largest absolute Gasteiger partial charge is 0.274 e. The lowest BCUT2D eigenvalue weighted by Gasteiger charge is -2.22. The second-order valence-corrected chi connectivity index (χ2v) is 6.64. The van der Waals surface area contributed by atoms with Gasteiger partial charge in [-0.3, -0.25) is 4.79 Å². The van der Waals surface area contributed by atoms with E-state index in [4.69, 9.17) is 11.6 Å². The number of nitrogens with zero attached hydrogens (tertiary/aromatic N) is 2. The Labute approximate surface area is 157 Å². The van der Waals surface area contributed by atoms with Gasteiger partial charge in [-0.25, -0.2) is 5.01 Å². The number of hydrogen-bond donors (Lipinski definition) is 0. The Kier molecular flexibility index (Phi) is 4.55. The average Bonchev–Trinajstić information content (AvgIpc) is 3.14. The molecule has 0 radical (unpaired) electrons. The molecule has 0 aromatic heterocycles. The summed E-state index contributed by atoms with van der Waals surface area (Å²) in [5.74, 6) is -0.110. The number of halogens is 1. The summed E-state index contributed by atoms with van der Waals surface area (Å²) in [6.07, 6.45) is 0.656. The van der Waals surface area contributed by atoms with E-state index in [1.807, 2.05) is 84.9 Å². The fourth-order valence-corrected chi connectivity index (χ4v) is 3.39. The normalized spacial score (nSPS) is 16.4. The van der Waals surface area contributed by atoms with Gasteiger partial charge in [0, 0.05) is 17.0 Å². The van der Waals surface area contributed by atoms with Gasteiger partial charge in [0.15, 0.2) is 0 Å². The monoisotopic (exact) mass is 360 g/mol. The van der Waals surface area contributed by atoms with Gasteiger partial charge in [0.25, 0.3) is 5.91 Å². The van der Waals surface area contributed by atoms with E-state index >= 15 is 0 Å². The highest BCUT2D eigenvalue weighted by Gasteiger charge is 2.33. The van der Waals surface area contributed by atoms with Gasteiger partial charge in [0.2, 0.25) is 0 Å². The predicted molar refractivity (Wildman–Crippen MR) is 104 cm³/mol. The fraction of sp³-hybridized carbons (Fsp3) is 0.0909. The number of carbonyl (C=O) groups excluding carboxylic acids is 1. The van der Waals surface area contributed by atoms with Gasteiger partial charge in [0.05, 0.1) is 11.8 Å². The molecule has 1 amide bonds. The molecule has 4 rings (SSSR count). The summed E-state index contributed by atoms with van der Waals surface area (Å²) in [7, 11) is 0. The minimum Gasteiger partial charge on any atom is -0.267 e. The Morgan fingerprint density at radius 1 is 0.923 bits per heavy atom. The highest BCUT2D eigenvalue weighted by molar-refractivity contribution is 6.30. The van der Waals surface area contributed by atoms with E-state index < -0.39 is 0 Å². The zero-order chi connectivity index (χ0) is 17.9. The van der Waals surface area contributed by atoms with Crippen LogP contribution in [-0.2, 0) is 0 Å². The lowest BCUT2D eigenvalue weighted by atomic mass is 9.98. The van der Waals surface area contributed by atoms with E-state index in [1.54, 1.807) is 5.01 Å². The van der Waals surface area contributed by atoms with Crippen molar-refractivity contribution in [2.75, 3.05) is 0 Å². The van der Waals surface area contributed by atoms with Crippen molar-refractivity contribution in [1.29, 1.82) is 0 Å². The first-order valence-corrected chi connectivity index (χ1v) is 8.87. The van der Waals surface area contributed by atoms with Gasteiger partial charge < -0.3 is 0 Å². The Bertz CT molecular complexity index is 954. The van der Waals surface area contributed by atoms with Crippen LogP contribution in [0, 0.1) is 0 Å².